The van der Waals surface area contributed by atoms with Gasteiger partial charge in [-0.05, 0) is 19.1 Å². The predicted molar refractivity (Wildman–Crippen MR) is 106 cm³/mol. The lowest BCUT2D eigenvalue weighted by atomic mass is 9.99. The van der Waals surface area contributed by atoms with Gasteiger partial charge in [0.15, 0.2) is 5.69 Å². The third-order valence-corrected chi connectivity index (χ3v) is 5.02. The number of alkyl halides is 2. The highest BCUT2D eigenvalue weighted by Gasteiger charge is 2.36. The summed E-state index contributed by atoms with van der Waals surface area (Å²) in [4.78, 5) is 25.5. The molecular weight excluding hydrogens is 394 g/mol. The minimum absolute atomic E-state index is 0.0802. The average molecular weight is 412 g/mol. The maximum atomic E-state index is 14.8. The molecule has 2 amide bonds. The number of nitrogens with zero attached hydrogens (tertiary/aromatic N) is 3. The van der Waals surface area contributed by atoms with E-state index in [-0.39, 0.29) is 28.6 Å². The van der Waals surface area contributed by atoms with E-state index in [0.717, 1.165) is 0 Å². The van der Waals surface area contributed by atoms with E-state index in [1.807, 2.05) is 0 Å². The van der Waals surface area contributed by atoms with Gasteiger partial charge in [0.25, 0.3) is 11.8 Å². The number of nitrogens with one attached hydrogen (secondary N) is 1. The Bertz CT molecular complexity index is 1100. The quantitative estimate of drug-likeness (QED) is 0.674. The van der Waals surface area contributed by atoms with E-state index in [4.69, 9.17) is 5.11 Å². The maximum Gasteiger partial charge on any atom is 0.409 e. The van der Waals surface area contributed by atoms with E-state index in [9.17, 15) is 18.4 Å². The molecule has 0 aliphatic carbocycles. The summed E-state index contributed by atoms with van der Waals surface area (Å²) in [6, 6.07) is 12.7. The maximum absolute atomic E-state index is 14.8. The van der Waals surface area contributed by atoms with Crippen LogP contribution in [-0.4, -0.2) is 32.9 Å². The largest absolute Gasteiger partial charge is 0.465 e. The van der Waals surface area contributed by atoms with Crippen LogP contribution in [0.2, 0.25) is 0 Å². The van der Waals surface area contributed by atoms with Gasteiger partial charge in [-0.15, -0.1) is 0 Å². The number of carbonyl (C=O) groups excluding carboxylic acids is 1. The van der Waals surface area contributed by atoms with E-state index in [1.54, 1.807) is 25.1 Å². The van der Waals surface area contributed by atoms with Gasteiger partial charge < -0.3 is 10.0 Å². The van der Waals surface area contributed by atoms with Crippen LogP contribution in [0.3, 0.4) is 0 Å². The first-order chi connectivity index (χ1) is 14.3. The van der Waals surface area contributed by atoms with E-state index >= 15 is 0 Å². The summed E-state index contributed by atoms with van der Waals surface area (Å²) >= 11 is 0. The van der Waals surface area contributed by atoms with Crippen molar-refractivity contribution in [1.82, 2.24) is 9.78 Å². The van der Waals surface area contributed by atoms with Gasteiger partial charge in [0.2, 0.25) is 0 Å². The summed E-state index contributed by atoms with van der Waals surface area (Å²) in [5.41, 5.74) is 0.320. The van der Waals surface area contributed by atoms with Crippen molar-refractivity contribution in [2.75, 3.05) is 10.2 Å². The van der Waals surface area contributed by atoms with Gasteiger partial charge in [-0.25, -0.2) is 4.79 Å². The van der Waals surface area contributed by atoms with Gasteiger partial charge in [0, 0.05) is 16.8 Å². The molecule has 1 unspecified atom stereocenters. The van der Waals surface area contributed by atoms with Crippen LogP contribution in [0.1, 0.15) is 28.5 Å². The number of halogens is 2. The van der Waals surface area contributed by atoms with Crippen LogP contribution in [0.25, 0.3) is 0 Å². The molecule has 1 aliphatic heterocycles. The minimum atomic E-state index is -3.17. The molecule has 2 heterocycles. The van der Waals surface area contributed by atoms with Gasteiger partial charge in [0.05, 0.1) is 24.5 Å². The highest BCUT2D eigenvalue weighted by atomic mass is 19.3. The second kappa shape index (κ2) is 7.25. The molecule has 4 rings (SSSR count). The predicted octanol–water partition coefficient (Wildman–Crippen LogP) is 4.16. The van der Waals surface area contributed by atoms with Crippen molar-refractivity contribution >= 4 is 23.4 Å². The molecule has 1 aromatic heterocycles. The summed E-state index contributed by atoms with van der Waals surface area (Å²) in [6.07, 6.45) is -0.0302. The molecular formula is C21H18F2N4O3. The lowest BCUT2D eigenvalue weighted by molar-refractivity contribution is 0.0428. The van der Waals surface area contributed by atoms with Gasteiger partial charge in [0.1, 0.15) is 0 Å². The molecule has 7 nitrogen and oxygen atoms in total. The standard InChI is InChI=1S/C21H18F2N4O3/c1-13-12-26-18(17(11-24-26)25-20(29)30)19(28)27(13)16-9-7-15(8-10-16)21(22,23)14-5-3-2-4-6-14/h2-11,13,25H,12H2,1H3,(H,29,30). The Morgan fingerprint density at radius 1 is 1.13 bits per heavy atom. The first-order valence-corrected chi connectivity index (χ1v) is 9.22. The molecule has 0 fully saturated rings. The first-order valence-electron chi connectivity index (χ1n) is 9.22. The van der Waals surface area contributed by atoms with E-state index in [1.165, 1.54) is 52.2 Å². The third kappa shape index (κ3) is 3.28. The lowest BCUT2D eigenvalue weighted by Crippen LogP contribution is -2.47. The van der Waals surface area contributed by atoms with Crippen molar-refractivity contribution in [1.29, 1.82) is 0 Å². The molecule has 1 aliphatic rings. The molecule has 2 N–H and O–H groups in total. The molecule has 30 heavy (non-hydrogen) atoms. The molecule has 0 bridgehead atoms. The lowest BCUT2D eigenvalue weighted by Gasteiger charge is -2.34. The minimum Gasteiger partial charge on any atom is -0.465 e. The van der Waals surface area contributed by atoms with Gasteiger partial charge in [-0.1, -0.05) is 42.5 Å². The Kier molecular flexibility index (Phi) is 4.73. The summed E-state index contributed by atoms with van der Waals surface area (Å²) in [5.74, 6) is -3.63. The second-order valence-electron chi connectivity index (χ2n) is 7.03. The number of aromatic nitrogens is 2. The third-order valence-electron chi connectivity index (χ3n) is 5.02. The topological polar surface area (TPSA) is 87.5 Å². The molecule has 3 aromatic rings. The van der Waals surface area contributed by atoms with Crippen molar-refractivity contribution in [3.63, 3.8) is 0 Å². The number of rotatable bonds is 4. The van der Waals surface area contributed by atoms with Crippen molar-refractivity contribution < 1.29 is 23.5 Å². The van der Waals surface area contributed by atoms with Crippen LogP contribution in [0, 0.1) is 0 Å². The molecule has 154 valence electrons. The summed E-state index contributed by atoms with van der Waals surface area (Å²) in [5, 5.41) is 15.2. The number of fused-ring (bicyclic) bond motifs is 1. The molecule has 1 atom stereocenters. The fourth-order valence-corrected chi connectivity index (χ4v) is 3.62. The highest BCUT2D eigenvalue weighted by molar-refractivity contribution is 6.10. The Hall–Kier alpha value is -3.75. The van der Waals surface area contributed by atoms with Crippen LogP contribution in [0.15, 0.2) is 60.8 Å². The molecule has 0 spiro atoms. The second-order valence-corrected chi connectivity index (χ2v) is 7.03. The fraction of sp³-hybridized carbons (Fsp3) is 0.190. The molecule has 9 heteroatoms. The van der Waals surface area contributed by atoms with E-state index in [0.29, 0.717) is 12.2 Å². The SMILES string of the molecule is CC1Cn2ncc(NC(=O)O)c2C(=O)N1c1ccc(C(F)(F)c2ccccc2)cc1. The van der Waals surface area contributed by atoms with Crippen LogP contribution >= 0.6 is 0 Å². The number of amides is 2. The Morgan fingerprint density at radius 2 is 1.77 bits per heavy atom. The van der Waals surface area contributed by atoms with Crippen molar-refractivity contribution in [3.05, 3.63) is 77.6 Å². The summed E-state index contributed by atoms with van der Waals surface area (Å²) in [6.45, 7) is 2.14. The van der Waals surface area contributed by atoms with Crippen LogP contribution in [-0.2, 0) is 12.5 Å². The van der Waals surface area contributed by atoms with Crippen LogP contribution < -0.4 is 10.2 Å². The number of hydrogen-bond donors (Lipinski definition) is 2. The molecule has 0 radical (unpaired) electrons. The number of anilines is 2. The van der Waals surface area contributed by atoms with Crippen LogP contribution in [0.5, 0.6) is 0 Å². The Labute approximate surface area is 170 Å². The van der Waals surface area contributed by atoms with E-state index in [2.05, 4.69) is 10.4 Å². The zero-order chi connectivity index (χ0) is 21.5. The molecule has 2 aromatic carbocycles. The number of benzene rings is 2. The zero-order valence-corrected chi connectivity index (χ0v) is 15.9. The summed E-state index contributed by atoms with van der Waals surface area (Å²) in [7, 11) is 0. The number of hydrogen-bond acceptors (Lipinski definition) is 3. The monoisotopic (exact) mass is 412 g/mol. The number of carboxylic acid groups (broad SMARTS) is 1. The normalized spacial score (nSPS) is 16.3. The zero-order valence-electron chi connectivity index (χ0n) is 15.9. The molecule has 0 saturated heterocycles. The van der Waals surface area contributed by atoms with Crippen molar-refractivity contribution in [2.24, 2.45) is 0 Å². The Morgan fingerprint density at radius 3 is 2.40 bits per heavy atom. The van der Waals surface area contributed by atoms with Gasteiger partial charge >= 0.3 is 6.09 Å². The number of carbonyl (C=O) groups is 2. The average Bonchev–Trinajstić information content (AvgIpc) is 3.11. The smallest absolute Gasteiger partial charge is 0.409 e. The summed E-state index contributed by atoms with van der Waals surface area (Å²) < 4.78 is 31.0. The van der Waals surface area contributed by atoms with Gasteiger partial charge in [-0.2, -0.15) is 13.9 Å². The first kappa shape index (κ1) is 19.6. The molecule has 0 saturated carbocycles. The van der Waals surface area contributed by atoms with E-state index < -0.39 is 17.9 Å². The Balaban J connectivity index is 1.65. The van der Waals surface area contributed by atoms with Crippen LogP contribution in [0.4, 0.5) is 25.0 Å². The highest BCUT2D eigenvalue weighted by Crippen LogP contribution is 2.37. The van der Waals surface area contributed by atoms with Crippen molar-refractivity contribution in [2.45, 2.75) is 25.4 Å². The fourth-order valence-electron chi connectivity index (χ4n) is 3.62. The van der Waals surface area contributed by atoms with Gasteiger partial charge in [-0.3, -0.25) is 14.8 Å². The van der Waals surface area contributed by atoms with Crippen molar-refractivity contribution in [3.8, 4) is 0 Å².